The van der Waals surface area contributed by atoms with Crippen LogP contribution in [0.2, 0.25) is 0 Å². The van der Waals surface area contributed by atoms with Crippen LogP contribution < -0.4 is 0 Å². The quantitative estimate of drug-likeness (QED) is 0.626. The van der Waals surface area contributed by atoms with E-state index in [0.29, 0.717) is 11.5 Å². The Labute approximate surface area is 167 Å². The first kappa shape index (κ1) is 18.4. The molecule has 6 heteroatoms. The summed E-state index contributed by atoms with van der Waals surface area (Å²) >= 11 is 5.22. The average molecular weight is 405 g/mol. The SMILES string of the molecule is Cc1csc2sc(C3=NC(SCC(=O)C4CCCCC4)=NCC3)c(C)c12. The number of rotatable bonds is 4. The Morgan fingerprint density at radius 2 is 2.08 bits per heavy atom. The number of Topliss-reactive ketones (excluding diaryl/α,β-unsaturated/α-hetero) is 1. The van der Waals surface area contributed by atoms with Gasteiger partial charge in [0, 0.05) is 24.3 Å². The monoisotopic (exact) mass is 404 g/mol. The molecule has 138 valence electrons. The van der Waals surface area contributed by atoms with E-state index in [2.05, 4.69) is 24.2 Å². The summed E-state index contributed by atoms with van der Waals surface area (Å²) in [4.78, 5) is 23.1. The van der Waals surface area contributed by atoms with Crippen molar-refractivity contribution < 1.29 is 4.79 Å². The van der Waals surface area contributed by atoms with Gasteiger partial charge in [-0.15, -0.1) is 22.7 Å². The molecule has 3 heterocycles. The fourth-order valence-electron chi connectivity index (χ4n) is 3.89. The van der Waals surface area contributed by atoms with Crippen molar-refractivity contribution >= 4 is 60.5 Å². The molecule has 2 aliphatic rings. The molecule has 0 saturated heterocycles. The van der Waals surface area contributed by atoms with Crippen molar-refractivity contribution in [3.8, 4) is 0 Å². The Balaban J connectivity index is 1.46. The first-order valence-electron chi connectivity index (χ1n) is 9.38. The molecule has 1 saturated carbocycles. The maximum atomic E-state index is 12.4. The predicted molar refractivity (Wildman–Crippen MR) is 117 cm³/mol. The molecule has 0 unspecified atom stereocenters. The Morgan fingerprint density at radius 1 is 1.27 bits per heavy atom. The molecule has 0 radical (unpaired) electrons. The molecule has 1 fully saturated rings. The zero-order chi connectivity index (χ0) is 18.1. The minimum Gasteiger partial charge on any atom is -0.298 e. The van der Waals surface area contributed by atoms with Gasteiger partial charge in [-0.25, -0.2) is 4.99 Å². The van der Waals surface area contributed by atoms with Gasteiger partial charge in [0.2, 0.25) is 0 Å². The molecular weight excluding hydrogens is 380 g/mol. The van der Waals surface area contributed by atoms with Crippen LogP contribution in [-0.4, -0.2) is 29.0 Å². The third-order valence-corrected chi connectivity index (χ3v) is 8.82. The van der Waals surface area contributed by atoms with Gasteiger partial charge in [-0.1, -0.05) is 31.0 Å². The van der Waals surface area contributed by atoms with E-state index >= 15 is 0 Å². The van der Waals surface area contributed by atoms with Crippen molar-refractivity contribution in [2.24, 2.45) is 15.9 Å². The molecule has 0 atom stereocenters. The van der Waals surface area contributed by atoms with E-state index in [4.69, 9.17) is 4.99 Å². The van der Waals surface area contributed by atoms with Crippen LogP contribution >= 0.6 is 34.4 Å². The van der Waals surface area contributed by atoms with Gasteiger partial charge in [0.05, 0.1) is 20.4 Å². The maximum absolute atomic E-state index is 12.4. The molecule has 0 amide bonds. The van der Waals surface area contributed by atoms with Crippen LogP contribution in [0, 0.1) is 19.8 Å². The standard InChI is InChI=1S/C20H24N2OS3/c1-12-10-24-19-17(12)13(2)18(26-19)15-8-9-21-20(22-15)25-11-16(23)14-6-4-3-5-7-14/h10,14H,3-9,11H2,1-2H3. The lowest BCUT2D eigenvalue weighted by molar-refractivity contribution is -0.121. The molecule has 0 bridgehead atoms. The second-order valence-corrected chi connectivity index (χ2v) is 10.3. The van der Waals surface area contributed by atoms with Crippen molar-refractivity contribution in [2.45, 2.75) is 52.4 Å². The van der Waals surface area contributed by atoms with E-state index < -0.39 is 0 Å². The second kappa shape index (κ2) is 7.95. The van der Waals surface area contributed by atoms with Crippen LogP contribution in [0.15, 0.2) is 15.4 Å². The van der Waals surface area contributed by atoms with Crippen LogP contribution in [-0.2, 0) is 4.79 Å². The number of thiophene rings is 2. The summed E-state index contributed by atoms with van der Waals surface area (Å²) in [6, 6.07) is 0. The van der Waals surface area contributed by atoms with Gasteiger partial charge >= 0.3 is 0 Å². The summed E-state index contributed by atoms with van der Waals surface area (Å²) in [5.74, 6) is 1.19. The molecule has 2 aromatic heterocycles. The van der Waals surface area contributed by atoms with Crippen molar-refractivity contribution in [1.29, 1.82) is 0 Å². The molecule has 3 nitrogen and oxygen atoms in total. The number of aryl methyl sites for hydroxylation is 2. The molecule has 0 aromatic carbocycles. The minimum absolute atomic E-state index is 0.276. The predicted octanol–water partition coefficient (Wildman–Crippen LogP) is 6.01. The average Bonchev–Trinajstić information content (AvgIpc) is 3.21. The second-order valence-electron chi connectivity index (χ2n) is 7.20. The summed E-state index contributed by atoms with van der Waals surface area (Å²) in [6.45, 7) is 5.18. The minimum atomic E-state index is 0.276. The van der Waals surface area contributed by atoms with Crippen LogP contribution in [0.3, 0.4) is 0 Å². The summed E-state index contributed by atoms with van der Waals surface area (Å²) in [6.07, 6.45) is 6.75. The first-order valence-corrected chi connectivity index (χ1v) is 12.1. The zero-order valence-corrected chi connectivity index (χ0v) is 17.8. The largest absolute Gasteiger partial charge is 0.298 e. The number of fused-ring (bicyclic) bond motifs is 1. The summed E-state index contributed by atoms with van der Waals surface area (Å²) < 4.78 is 1.39. The van der Waals surface area contributed by atoms with E-state index in [1.165, 1.54) is 56.4 Å². The number of carbonyl (C=O) groups is 1. The smallest absolute Gasteiger partial charge is 0.183 e. The highest BCUT2D eigenvalue weighted by Gasteiger charge is 2.23. The van der Waals surface area contributed by atoms with Crippen molar-refractivity contribution in [3.05, 3.63) is 21.4 Å². The van der Waals surface area contributed by atoms with E-state index in [9.17, 15) is 4.79 Å². The van der Waals surface area contributed by atoms with Gasteiger partial charge in [0.15, 0.2) is 5.17 Å². The first-order chi connectivity index (χ1) is 12.6. The molecule has 1 aliphatic carbocycles. The van der Waals surface area contributed by atoms with Crippen LogP contribution in [0.25, 0.3) is 9.40 Å². The Kier molecular flexibility index (Phi) is 5.62. The normalized spacial score (nSPS) is 18.8. The third-order valence-electron chi connectivity index (χ3n) is 5.34. The number of hydrogen-bond acceptors (Lipinski definition) is 6. The molecule has 0 spiro atoms. The highest BCUT2D eigenvalue weighted by molar-refractivity contribution is 8.14. The van der Waals surface area contributed by atoms with Gasteiger partial charge in [0.1, 0.15) is 5.78 Å². The van der Waals surface area contributed by atoms with Gasteiger partial charge in [-0.2, -0.15) is 0 Å². The fraction of sp³-hybridized carbons (Fsp3) is 0.550. The number of aliphatic imine (C=N–C) groups is 2. The zero-order valence-electron chi connectivity index (χ0n) is 15.3. The number of hydrogen-bond donors (Lipinski definition) is 0. The van der Waals surface area contributed by atoms with Crippen LogP contribution in [0.1, 0.15) is 54.5 Å². The van der Waals surface area contributed by atoms with Gasteiger partial charge < -0.3 is 0 Å². The highest BCUT2D eigenvalue weighted by Crippen LogP contribution is 2.38. The molecule has 4 rings (SSSR count). The number of amidine groups is 1. The van der Waals surface area contributed by atoms with Crippen molar-refractivity contribution in [3.63, 3.8) is 0 Å². The van der Waals surface area contributed by atoms with Gasteiger partial charge in [0.25, 0.3) is 0 Å². The Hall–Kier alpha value is -0.980. The lowest BCUT2D eigenvalue weighted by Gasteiger charge is -2.20. The number of carbonyl (C=O) groups excluding carboxylic acids is 1. The molecule has 2 aromatic rings. The van der Waals surface area contributed by atoms with Crippen LogP contribution in [0.5, 0.6) is 0 Å². The number of nitrogens with zero attached hydrogens (tertiary/aromatic N) is 2. The fourth-order valence-corrected chi connectivity index (χ4v) is 7.29. The molecule has 0 N–H and O–H groups in total. The summed E-state index contributed by atoms with van der Waals surface area (Å²) in [5.41, 5.74) is 3.87. The molecule has 26 heavy (non-hydrogen) atoms. The van der Waals surface area contributed by atoms with E-state index in [0.717, 1.165) is 36.7 Å². The van der Waals surface area contributed by atoms with E-state index in [1.807, 2.05) is 22.7 Å². The van der Waals surface area contributed by atoms with E-state index in [1.54, 1.807) is 0 Å². The Bertz CT molecular complexity index is 884. The lowest BCUT2D eigenvalue weighted by Crippen LogP contribution is -2.20. The topological polar surface area (TPSA) is 41.8 Å². The highest BCUT2D eigenvalue weighted by atomic mass is 32.2. The van der Waals surface area contributed by atoms with Crippen molar-refractivity contribution in [1.82, 2.24) is 0 Å². The molecule has 1 aliphatic heterocycles. The van der Waals surface area contributed by atoms with E-state index in [-0.39, 0.29) is 5.92 Å². The van der Waals surface area contributed by atoms with Gasteiger partial charge in [-0.3, -0.25) is 9.79 Å². The lowest BCUT2D eigenvalue weighted by atomic mass is 9.87. The van der Waals surface area contributed by atoms with Gasteiger partial charge in [-0.05, 0) is 43.2 Å². The van der Waals surface area contributed by atoms with Crippen molar-refractivity contribution in [2.75, 3.05) is 12.3 Å². The Morgan fingerprint density at radius 3 is 2.85 bits per heavy atom. The number of ketones is 1. The van der Waals surface area contributed by atoms with Crippen LogP contribution in [0.4, 0.5) is 0 Å². The number of thioether (sulfide) groups is 1. The summed E-state index contributed by atoms with van der Waals surface area (Å²) in [5, 5.41) is 4.44. The summed E-state index contributed by atoms with van der Waals surface area (Å²) in [7, 11) is 0. The maximum Gasteiger partial charge on any atom is 0.183 e. The molecular formula is C20H24N2OS3. The third kappa shape index (κ3) is 3.69.